The highest BCUT2D eigenvalue weighted by atomic mass is 32.1. The van der Waals surface area contributed by atoms with Gasteiger partial charge in [0.05, 0.1) is 0 Å². The van der Waals surface area contributed by atoms with E-state index in [2.05, 4.69) is 180 Å². The molecule has 0 aliphatic heterocycles. The highest BCUT2D eigenvalue weighted by Crippen LogP contribution is 2.43. The predicted octanol–water partition coefficient (Wildman–Crippen LogP) is 17.0. The first-order valence-corrected chi connectivity index (χ1v) is 20.7. The zero-order chi connectivity index (χ0) is 39.9. The number of hydrogen-bond acceptors (Lipinski definition) is 2. The molecule has 1 nitrogen and oxygen atoms in total. The first-order chi connectivity index (χ1) is 28.4. The minimum Gasteiger partial charge on any atom is -0.456 e. The standard InChI is InChI=1S/C56H44OS/c1-7-15-45(43(10-4)44(11-5)47(16-8-2)48-21-14-19-36-18-12-13-20-46(36)48)41-25-24-37-30-38(22-23-39(37)31-41)40-27-29-55-52(32-40)49-28-26-42-33-54-50(34-51(42)56(49)58-55)35(6)53(57-54)17-9-3/h7-34H,4-5H2,1-3,6H3/b15-7+,16-8+,17-9-,45-43+,47-44+. The highest BCUT2D eigenvalue weighted by Gasteiger charge is 2.17. The van der Waals surface area contributed by atoms with Gasteiger partial charge in [0.25, 0.3) is 0 Å². The van der Waals surface area contributed by atoms with Crippen molar-refractivity contribution in [3.05, 3.63) is 211 Å². The molecule has 0 amide bonds. The number of thiophene rings is 1. The van der Waals surface area contributed by atoms with Crippen LogP contribution in [0.3, 0.4) is 0 Å². The lowest BCUT2D eigenvalue weighted by atomic mass is 9.86. The fraction of sp³-hybridized carbons (Fsp3) is 0.0714. The van der Waals surface area contributed by atoms with Crippen LogP contribution in [0.5, 0.6) is 0 Å². The molecule has 0 radical (unpaired) electrons. The summed E-state index contributed by atoms with van der Waals surface area (Å²) in [5.74, 6) is 0.929. The molecule has 7 aromatic carbocycles. The maximum Gasteiger partial charge on any atom is 0.135 e. The Bertz CT molecular complexity index is 3290. The summed E-state index contributed by atoms with van der Waals surface area (Å²) >= 11 is 1.87. The molecule has 2 heterocycles. The molecule has 0 aliphatic rings. The first-order valence-electron chi connectivity index (χ1n) is 19.9. The van der Waals surface area contributed by atoms with Crippen molar-refractivity contribution in [1.29, 1.82) is 0 Å². The minimum absolute atomic E-state index is 0.929. The van der Waals surface area contributed by atoms with E-state index in [1.807, 2.05) is 42.6 Å². The topological polar surface area (TPSA) is 13.1 Å². The van der Waals surface area contributed by atoms with E-state index in [9.17, 15) is 0 Å². The molecule has 0 spiro atoms. The van der Waals surface area contributed by atoms with Crippen LogP contribution in [-0.2, 0) is 0 Å². The molecule has 0 atom stereocenters. The molecule has 2 aromatic heterocycles. The van der Waals surface area contributed by atoms with Gasteiger partial charge in [0.2, 0.25) is 0 Å². The van der Waals surface area contributed by atoms with Crippen LogP contribution in [0.25, 0.3) is 91.8 Å². The van der Waals surface area contributed by atoms with E-state index in [0.717, 1.165) is 39.2 Å². The molecule has 0 aliphatic carbocycles. The van der Waals surface area contributed by atoms with Gasteiger partial charge < -0.3 is 4.42 Å². The SMILES string of the molecule is C=CC(/C(C=C)=C(\C=C\C)c1cccc2ccccc12)=C(/C=C/C)c1ccc2cc(-c3ccc4sc5c6cc7c(C)c(/C=C\C)oc7cc6ccc5c4c3)ccc2c1. The Kier molecular flexibility index (Phi) is 9.73. The maximum atomic E-state index is 6.22. The van der Waals surface area contributed by atoms with Crippen molar-refractivity contribution >= 4 is 92.0 Å². The van der Waals surface area contributed by atoms with Gasteiger partial charge in [-0.05, 0) is 142 Å². The first kappa shape index (κ1) is 36.9. The van der Waals surface area contributed by atoms with Crippen LogP contribution < -0.4 is 0 Å². The molecule has 0 saturated carbocycles. The van der Waals surface area contributed by atoms with Crippen molar-refractivity contribution < 1.29 is 4.42 Å². The minimum atomic E-state index is 0.929. The summed E-state index contributed by atoms with van der Waals surface area (Å²) in [6.45, 7) is 17.0. The van der Waals surface area contributed by atoms with Gasteiger partial charge in [-0.3, -0.25) is 0 Å². The molecule has 0 bridgehead atoms. The van der Waals surface area contributed by atoms with Gasteiger partial charge in [0.1, 0.15) is 11.3 Å². The summed E-state index contributed by atoms with van der Waals surface area (Å²) in [6.07, 6.45) is 16.6. The van der Waals surface area contributed by atoms with E-state index >= 15 is 0 Å². The largest absolute Gasteiger partial charge is 0.456 e. The average Bonchev–Trinajstić information content (AvgIpc) is 3.79. The van der Waals surface area contributed by atoms with Crippen LogP contribution in [0.2, 0.25) is 0 Å². The fourth-order valence-electron chi connectivity index (χ4n) is 8.56. The van der Waals surface area contributed by atoms with E-state index < -0.39 is 0 Å². The average molecular weight is 765 g/mol. The number of rotatable bonds is 9. The second-order valence-electron chi connectivity index (χ2n) is 14.8. The Balaban J connectivity index is 1.12. The van der Waals surface area contributed by atoms with Crippen LogP contribution in [0.1, 0.15) is 43.2 Å². The zero-order valence-corrected chi connectivity index (χ0v) is 34.2. The molecule has 9 aromatic rings. The Morgan fingerprint density at radius 3 is 2.07 bits per heavy atom. The van der Waals surface area contributed by atoms with E-state index in [-0.39, 0.29) is 0 Å². The van der Waals surface area contributed by atoms with Gasteiger partial charge in [-0.1, -0.05) is 141 Å². The van der Waals surface area contributed by atoms with Crippen molar-refractivity contribution in [2.45, 2.75) is 27.7 Å². The van der Waals surface area contributed by atoms with Gasteiger partial charge >= 0.3 is 0 Å². The van der Waals surface area contributed by atoms with Crippen molar-refractivity contribution in [2.75, 3.05) is 0 Å². The second-order valence-corrected chi connectivity index (χ2v) is 15.8. The van der Waals surface area contributed by atoms with Crippen LogP contribution in [-0.4, -0.2) is 0 Å². The molecule has 2 heteroatoms. The van der Waals surface area contributed by atoms with Crippen LogP contribution in [0.15, 0.2) is 193 Å². The number of allylic oxidation sites excluding steroid dienone is 11. The van der Waals surface area contributed by atoms with Gasteiger partial charge in [0, 0.05) is 36.5 Å². The molecule has 280 valence electrons. The summed E-state index contributed by atoms with van der Waals surface area (Å²) in [4.78, 5) is 0. The number of hydrogen-bond donors (Lipinski definition) is 0. The molecular weight excluding hydrogens is 721 g/mol. The van der Waals surface area contributed by atoms with Gasteiger partial charge in [0.15, 0.2) is 0 Å². The Morgan fingerprint density at radius 1 is 0.552 bits per heavy atom. The summed E-state index contributed by atoms with van der Waals surface area (Å²) in [6, 6.07) is 44.6. The zero-order valence-electron chi connectivity index (χ0n) is 33.4. The normalized spacial score (nSPS) is 13.3. The molecule has 0 fully saturated rings. The third kappa shape index (κ3) is 6.27. The van der Waals surface area contributed by atoms with Crippen LogP contribution in [0, 0.1) is 6.92 Å². The van der Waals surface area contributed by atoms with Gasteiger partial charge in [-0.25, -0.2) is 0 Å². The summed E-state index contributed by atoms with van der Waals surface area (Å²) in [5.41, 5.74) is 11.1. The van der Waals surface area contributed by atoms with Crippen molar-refractivity contribution in [3.63, 3.8) is 0 Å². The van der Waals surface area contributed by atoms with E-state index in [0.29, 0.717) is 0 Å². The smallest absolute Gasteiger partial charge is 0.135 e. The molecule has 0 unspecified atom stereocenters. The molecule has 0 N–H and O–H groups in total. The third-order valence-electron chi connectivity index (χ3n) is 11.4. The van der Waals surface area contributed by atoms with Crippen molar-refractivity contribution in [2.24, 2.45) is 0 Å². The lowest BCUT2D eigenvalue weighted by Crippen LogP contribution is -1.96. The second kappa shape index (κ2) is 15.3. The number of furan rings is 1. The Labute approximate surface area is 344 Å². The number of benzene rings is 7. The van der Waals surface area contributed by atoms with Crippen molar-refractivity contribution in [3.8, 4) is 11.1 Å². The quantitative estimate of drug-likeness (QED) is 0.133. The molecule has 0 saturated heterocycles. The third-order valence-corrected chi connectivity index (χ3v) is 12.6. The predicted molar refractivity (Wildman–Crippen MR) is 257 cm³/mol. The summed E-state index contributed by atoms with van der Waals surface area (Å²) < 4.78 is 8.83. The molecular formula is C56H44OS. The maximum absolute atomic E-state index is 6.22. The van der Waals surface area contributed by atoms with Crippen molar-refractivity contribution in [1.82, 2.24) is 0 Å². The van der Waals surface area contributed by atoms with E-state index in [4.69, 9.17) is 4.42 Å². The lowest BCUT2D eigenvalue weighted by molar-refractivity contribution is 0.601. The summed E-state index contributed by atoms with van der Waals surface area (Å²) in [5, 5.41) is 11.0. The van der Waals surface area contributed by atoms with E-state index in [1.54, 1.807) is 0 Å². The molecule has 9 rings (SSSR count). The number of fused-ring (bicyclic) bond motifs is 8. The van der Waals surface area contributed by atoms with Crippen LogP contribution >= 0.6 is 11.3 Å². The summed E-state index contributed by atoms with van der Waals surface area (Å²) in [7, 11) is 0. The monoisotopic (exact) mass is 764 g/mol. The van der Waals surface area contributed by atoms with E-state index in [1.165, 1.54) is 80.1 Å². The Morgan fingerprint density at radius 2 is 1.26 bits per heavy atom. The lowest BCUT2D eigenvalue weighted by Gasteiger charge is -2.17. The van der Waals surface area contributed by atoms with Crippen LogP contribution in [0.4, 0.5) is 0 Å². The van der Waals surface area contributed by atoms with Gasteiger partial charge in [-0.15, -0.1) is 11.3 Å². The van der Waals surface area contributed by atoms with Gasteiger partial charge in [-0.2, -0.15) is 0 Å². The fourth-order valence-corrected chi connectivity index (χ4v) is 9.77. The highest BCUT2D eigenvalue weighted by molar-refractivity contribution is 7.26. The Hall–Kier alpha value is -6.74. The molecule has 58 heavy (non-hydrogen) atoms. The number of aryl methyl sites for hydroxylation is 1.